The molecule has 0 saturated heterocycles. The SMILES string of the molecule is CC(=NNc1ccc([N+](=O)[O-])cc1[N+](=O)[O-])C1C(C[N+](=O)[O-])CC2C3CC=C4CC(O)CC[C@]4(C)C3CC[C@@]21C. The molecule has 0 spiro atoms. The van der Waals surface area contributed by atoms with Crippen LogP contribution in [0.25, 0.3) is 0 Å². The van der Waals surface area contributed by atoms with Crippen LogP contribution in [0.3, 0.4) is 0 Å². The van der Waals surface area contributed by atoms with Gasteiger partial charge in [0.1, 0.15) is 5.69 Å². The molecule has 2 N–H and O–H groups in total. The Hall–Kier alpha value is -3.41. The number of nitro groups is 3. The van der Waals surface area contributed by atoms with Crippen molar-refractivity contribution in [1.82, 2.24) is 0 Å². The summed E-state index contributed by atoms with van der Waals surface area (Å²) in [4.78, 5) is 32.8. The van der Waals surface area contributed by atoms with Crippen LogP contribution in [-0.2, 0) is 0 Å². The molecule has 4 aliphatic rings. The lowest BCUT2D eigenvalue weighted by molar-refractivity contribution is -0.489. The predicted octanol–water partition coefficient (Wildman–Crippen LogP) is 5.73. The fourth-order valence-corrected chi connectivity index (χ4v) is 9.11. The molecule has 40 heavy (non-hydrogen) atoms. The average Bonchev–Trinajstić information content (AvgIpc) is 3.18. The number of anilines is 1. The molecule has 5 rings (SSSR count). The summed E-state index contributed by atoms with van der Waals surface area (Å²) in [6, 6.07) is 3.34. The highest BCUT2D eigenvalue weighted by Gasteiger charge is 2.62. The van der Waals surface area contributed by atoms with Crippen LogP contribution >= 0.6 is 0 Å². The standard InChI is InChI=1S/C28H37N5O7/c1-16(29-30-24-7-5-19(32(37)38)14-25(24)33(39)40)26-17(15-31(35)36)12-23-21-6-4-18-13-20(34)8-10-27(18,2)22(21)9-11-28(23,26)3/h4-5,7,14,17,20-23,26,30,34H,6,8-13,15H2,1-3H3/t17?,20?,21?,22?,23?,26?,27-,28-/m0/s1. The van der Waals surface area contributed by atoms with Crippen LogP contribution < -0.4 is 5.43 Å². The van der Waals surface area contributed by atoms with Crippen molar-refractivity contribution >= 4 is 22.8 Å². The molecule has 12 heteroatoms. The van der Waals surface area contributed by atoms with Crippen molar-refractivity contribution in [3.63, 3.8) is 0 Å². The van der Waals surface area contributed by atoms with Gasteiger partial charge in [0.25, 0.3) is 5.69 Å². The van der Waals surface area contributed by atoms with E-state index in [2.05, 4.69) is 30.5 Å². The molecule has 8 atom stereocenters. The van der Waals surface area contributed by atoms with Gasteiger partial charge in [-0.05, 0) is 86.5 Å². The third-order valence-electron chi connectivity index (χ3n) is 10.8. The van der Waals surface area contributed by atoms with Crippen molar-refractivity contribution in [1.29, 1.82) is 0 Å². The van der Waals surface area contributed by atoms with Crippen molar-refractivity contribution in [3.05, 3.63) is 60.2 Å². The minimum Gasteiger partial charge on any atom is -0.393 e. The Labute approximate surface area is 232 Å². The van der Waals surface area contributed by atoms with E-state index in [1.54, 1.807) is 0 Å². The summed E-state index contributed by atoms with van der Waals surface area (Å²) >= 11 is 0. The molecule has 1 aromatic carbocycles. The zero-order valence-electron chi connectivity index (χ0n) is 23.1. The maximum atomic E-state index is 11.8. The molecule has 216 valence electrons. The number of nitrogens with one attached hydrogen (secondary N) is 1. The minimum absolute atomic E-state index is 0.0292. The number of fused-ring (bicyclic) bond motifs is 5. The topological polar surface area (TPSA) is 174 Å². The number of hydrogen-bond donors (Lipinski definition) is 2. The lowest BCUT2D eigenvalue weighted by atomic mass is 9.47. The van der Waals surface area contributed by atoms with Crippen LogP contribution in [0.5, 0.6) is 0 Å². The van der Waals surface area contributed by atoms with Gasteiger partial charge < -0.3 is 5.11 Å². The quantitative estimate of drug-likeness (QED) is 0.185. The molecule has 3 fully saturated rings. The minimum atomic E-state index is -0.695. The van der Waals surface area contributed by atoms with E-state index in [4.69, 9.17) is 0 Å². The monoisotopic (exact) mass is 555 g/mol. The van der Waals surface area contributed by atoms with Crippen molar-refractivity contribution in [2.75, 3.05) is 12.0 Å². The van der Waals surface area contributed by atoms with Gasteiger partial charge in [-0.15, -0.1) is 0 Å². The van der Waals surface area contributed by atoms with Gasteiger partial charge in [0.2, 0.25) is 6.54 Å². The molecule has 6 unspecified atom stereocenters. The highest BCUT2D eigenvalue weighted by Crippen LogP contribution is 2.67. The van der Waals surface area contributed by atoms with Gasteiger partial charge in [0.05, 0.1) is 22.0 Å². The first-order chi connectivity index (χ1) is 18.8. The number of non-ortho nitro benzene ring substituents is 1. The molecule has 0 heterocycles. The third-order valence-corrected chi connectivity index (χ3v) is 10.8. The van der Waals surface area contributed by atoms with Gasteiger partial charge in [-0.25, -0.2) is 0 Å². The van der Waals surface area contributed by atoms with Crippen molar-refractivity contribution in [3.8, 4) is 0 Å². The second-order valence-electron chi connectivity index (χ2n) is 12.8. The molecule has 0 aromatic heterocycles. The van der Waals surface area contributed by atoms with E-state index in [1.807, 2.05) is 6.92 Å². The fourth-order valence-electron chi connectivity index (χ4n) is 9.11. The number of aliphatic hydroxyl groups excluding tert-OH is 1. The summed E-state index contributed by atoms with van der Waals surface area (Å²) in [6.45, 7) is 6.24. The Morgan fingerprint density at radius 2 is 1.85 bits per heavy atom. The predicted molar refractivity (Wildman–Crippen MR) is 148 cm³/mol. The van der Waals surface area contributed by atoms with Gasteiger partial charge >= 0.3 is 5.69 Å². The number of allylic oxidation sites excluding steroid dienone is 1. The smallest absolute Gasteiger partial charge is 0.301 e. The lowest BCUT2D eigenvalue weighted by Crippen LogP contribution is -2.51. The van der Waals surface area contributed by atoms with Gasteiger partial charge in [-0.2, -0.15) is 5.10 Å². The number of nitro benzene ring substituents is 2. The second kappa shape index (κ2) is 10.2. The number of hydrazone groups is 1. The average molecular weight is 556 g/mol. The molecule has 1 aromatic rings. The molecule has 4 aliphatic carbocycles. The van der Waals surface area contributed by atoms with Crippen molar-refractivity contribution in [2.24, 2.45) is 45.5 Å². The van der Waals surface area contributed by atoms with E-state index in [-0.39, 0.29) is 51.8 Å². The van der Waals surface area contributed by atoms with Crippen LogP contribution in [0.1, 0.15) is 65.7 Å². The maximum absolute atomic E-state index is 11.8. The Balaban J connectivity index is 1.45. The van der Waals surface area contributed by atoms with E-state index in [0.717, 1.165) is 51.0 Å². The molecule has 3 saturated carbocycles. The lowest BCUT2D eigenvalue weighted by Gasteiger charge is -2.58. The third kappa shape index (κ3) is 4.65. The summed E-state index contributed by atoms with van der Waals surface area (Å²) < 4.78 is 0. The molecule has 0 radical (unpaired) electrons. The summed E-state index contributed by atoms with van der Waals surface area (Å²) in [6.07, 6.45) is 8.14. The Kier molecular flexibility index (Phi) is 7.18. The summed E-state index contributed by atoms with van der Waals surface area (Å²) in [7, 11) is 0. The van der Waals surface area contributed by atoms with Gasteiger partial charge in [-0.3, -0.25) is 35.8 Å². The van der Waals surface area contributed by atoms with Gasteiger partial charge in [0, 0.05) is 28.5 Å². The fraction of sp³-hybridized carbons (Fsp3) is 0.679. The van der Waals surface area contributed by atoms with E-state index in [0.29, 0.717) is 17.5 Å². The molecule has 0 aliphatic heterocycles. The van der Waals surface area contributed by atoms with E-state index in [1.165, 1.54) is 17.7 Å². The molecule has 0 bridgehead atoms. The summed E-state index contributed by atoms with van der Waals surface area (Å²) in [5.41, 5.74) is 3.80. The zero-order chi connectivity index (χ0) is 29.0. The Bertz CT molecular complexity index is 1300. The number of rotatable bonds is 7. The Morgan fingerprint density at radius 1 is 1.10 bits per heavy atom. The number of aliphatic hydroxyl groups is 1. The van der Waals surface area contributed by atoms with Gasteiger partial charge in [0.15, 0.2) is 0 Å². The van der Waals surface area contributed by atoms with E-state index in [9.17, 15) is 35.4 Å². The summed E-state index contributed by atoms with van der Waals surface area (Å²) in [5.74, 6) is 0.763. The zero-order valence-corrected chi connectivity index (χ0v) is 23.1. The maximum Gasteiger partial charge on any atom is 0.301 e. The molecular formula is C28H37N5O7. The van der Waals surface area contributed by atoms with Crippen LogP contribution in [0.15, 0.2) is 34.9 Å². The van der Waals surface area contributed by atoms with E-state index < -0.39 is 21.2 Å². The first-order valence-electron chi connectivity index (χ1n) is 14.1. The normalized spacial score (nSPS) is 37.0. The molecular weight excluding hydrogens is 518 g/mol. The Morgan fingerprint density at radius 3 is 2.52 bits per heavy atom. The van der Waals surface area contributed by atoms with Crippen LogP contribution in [0.4, 0.5) is 17.1 Å². The second-order valence-corrected chi connectivity index (χ2v) is 12.8. The number of nitrogens with zero attached hydrogens (tertiary/aromatic N) is 4. The largest absolute Gasteiger partial charge is 0.393 e. The first kappa shape index (κ1) is 28.1. The van der Waals surface area contributed by atoms with Crippen molar-refractivity contribution < 1.29 is 19.9 Å². The van der Waals surface area contributed by atoms with E-state index >= 15 is 0 Å². The van der Waals surface area contributed by atoms with Crippen molar-refractivity contribution in [2.45, 2.75) is 71.8 Å². The summed E-state index contributed by atoms with van der Waals surface area (Å²) in [5, 5.41) is 49.2. The molecule has 0 amide bonds. The molecule has 12 nitrogen and oxygen atoms in total. The van der Waals surface area contributed by atoms with Gasteiger partial charge in [-0.1, -0.05) is 25.5 Å². The first-order valence-corrected chi connectivity index (χ1v) is 14.1. The number of benzene rings is 1. The van der Waals surface area contributed by atoms with Crippen LogP contribution in [0.2, 0.25) is 0 Å². The van der Waals surface area contributed by atoms with Crippen LogP contribution in [-0.4, -0.2) is 38.2 Å². The van der Waals surface area contributed by atoms with Crippen LogP contribution in [0, 0.1) is 70.8 Å². The number of hydrogen-bond acceptors (Lipinski definition) is 9. The highest BCUT2D eigenvalue weighted by molar-refractivity contribution is 5.87. The highest BCUT2D eigenvalue weighted by atomic mass is 16.6.